The Morgan fingerprint density at radius 1 is 1.08 bits per heavy atom. The molecule has 0 fully saturated rings. The first-order valence-corrected chi connectivity index (χ1v) is 8.54. The summed E-state index contributed by atoms with van der Waals surface area (Å²) >= 11 is 0. The summed E-state index contributed by atoms with van der Waals surface area (Å²) in [6, 6.07) is -0.579. The second kappa shape index (κ2) is 17.5. The molecular formula is C16H34N4O4. The van der Waals surface area contributed by atoms with Crippen molar-refractivity contribution in [1.29, 1.82) is 0 Å². The fraction of sp³-hybridized carbons (Fsp3) is 0.812. The van der Waals surface area contributed by atoms with Crippen LogP contribution >= 0.6 is 0 Å². The number of ether oxygens (including phenoxy) is 1. The molecule has 0 spiro atoms. The van der Waals surface area contributed by atoms with E-state index in [9.17, 15) is 9.59 Å². The lowest BCUT2D eigenvalue weighted by molar-refractivity contribution is -0.144. The van der Waals surface area contributed by atoms with Crippen LogP contribution in [0.25, 0.3) is 0 Å². The average Bonchev–Trinajstić information content (AvgIpc) is 2.51. The maximum absolute atomic E-state index is 11.0. The predicted octanol–water partition coefficient (Wildman–Crippen LogP) is 1.36. The number of carboxylic acids is 1. The molecule has 0 radical (unpaired) electrons. The molecule has 7 N–H and O–H groups in total. The number of carbonyl (C=O) groups is 2. The van der Waals surface area contributed by atoms with E-state index in [0.29, 0.717) is 32.4 Å². The highest BCUT2D eigenvalue weighted by Gasteiger charge is 2.13. The molecule has 0 saturated carbocycles. The molecule has 0 aliphatic carbocycles. The molecule has 0 heterocycles. The summed E-state index contributed by atoms with van der Waals surface area (Å²) in [4.78, 5) is 24.8. The van der Waals surface area contributed by atoms with E-state index in [4.69, 9.17) is 27.0 Å². The molecule has 0 saturated heterocycles. The molecule has 0 aliphatic rings. The van der Waals surface area contributed by atoms with Crippen molar-refractivity contribution in [1.82, 2.24) is 0 Å². The molecule has 24 heavy (non-hydrogen) atoms. The number of carboxylic acid groups (broad SMARTS) is 1. The van der Waals surface area contributed by atoms with Gasteiger partial charge < -0.3 is 27.0 Å². The molecule has 0 aromatic carbocycles. The minimum absolute atomic E-state index is 0.0507. The van der Waals surface area contributed by atoms with E-state index in [0.717, 1.165) is 12.8 Å². The van der Waals surface area contributed by atoms with E-state index in [2.05, 4.69) is 11.9 Å². The topological polar surface area (TPSA) is 154 Å². The van der Waals surface area contributed by atoms with Gasteiger partial charge in [-0.2, -0.15) is 0 Å². The third-order valence-corrected chi connectivity index (χ3v) is 3.05. The lowest BCUT2D eigenvalue weighted by Crippen LogP contribution is -2.32. The van der Waals surface area contributed by atoms with Gasteiger partial charge in [0, 0.05) is 13.0 Å². The first-order chi connectivity index (χ1) is 11.3. The molecule has 0 aromatic rings. The molecule has 8 heteroatoms. The number of unbranched alkanes of at least 4 members (excludes halogenated alkanes) is 4. The summed E-state index contributed by atoms with van der Waals surface area (Å²) in [7, 11) is 0. The van der Waals surface area contributed by atoms with Crippen LogP contribution in [0.2, 0.25) is 0 Å². The van der Waals surface area contributed by atoms with Crippen LogP contribution < -0.4 is 17.2 Å². The second-order valence-electron chi connectivity index (χ2n) is 5.37. The van der Waals surface area contributed by atoms with Crippen molar-refractivity contribution in [2.75, 3.05) is 13.2 Å². The smallest absolute Gasteiger partial charge is 0.322 e. The van der Waals surface area contributed by atoms with Crippen LogP contribution in [0.1, 0.15) is 65.2 Å². The number of hydrogen-bond acceptors (Lipinski definition) is 5. The third kappa shape index (κ3) is 20.2. The van der Waals surface area contributed by atoms with Crippen molar-refractivity contribution in [3.05, 3.63) is 0 Å². The summed E-state index contributed by atoms with van der Waals surface area (Å²) in [5.41, 5.74) is 15.8. The van der Waals surface area contributed by atoms with Crippen LogP contribution in [-0.4, -0.2) is 42.2 Å². The van der Waals surface area contributed by atoms with Gasteiger partial charge in [0.15, 0.2) is 5.96 Å². The molecule has 0 aliphatic heterocycles. The zero-order valence-corrected chi connectivity index (χ0v) is 15.0. The van der Waals surface area contributed by atoms with Gasteiger partial charge in [0.05, 0.1) is 6.61 Å². The van der Waals surface area contributed by atoms with Gasteiger partial charge in [0.2, 0.25) is 0 Å². The van der Waals surface area contributed by atoms with Gasteiger partial charge in [-0.05, 0) is 26.2 Å². The summed E-state index contributed by atoms with van der Waals surface area (Å²) in [6.45, 7) is 4.72. The van der Waals surface area contributed by atoms with Gasteiger partial charge in [-0.1, -0.05) is 32.6 Å². The largest absolute Gasteiger partial charge is 0.481 e. The minimum atomic E-state index is -0.670. The number of nitrogens with two attached hydrogens (primary N) is 3. The summed E-state index contributed by atoms with van der Waals surface area (Å²) in [5, 5.41) is 8.27. The number of hydrogen-bond donors (Lipinski definition) is 4. The Morgan fingerprint density at radius 3 is 2.21 bits per heavy atom. The summed E-state index contributed by atoms with van der Waals surface area (Å²) in [5.74, 6) is -0.997. The Bertz CT molecular complexity index is 358. The fourth-order valence-electron chi connectivity index (χ4n) is 1.77. The Labute approximate surface area is 144 Å². The maximum Gasteiger partial charge on any atom is 0.322 e. The van der Waals surface area contributed by atoms with Gasteiger partial charge in [0.25, 0.3) is 0 Å². The van der Waals surface area contributed by atoms with E-state index in [-0.39, 0.29) is 11.9 Å². The van der Waals surface area contributed by atoms with Gasteiger partial charge in [-0.3, -0.25) is 14.6 Å². The molecule has 0 aromatic heterocycles. The van der Waals surface area contributed by atoms with Crippen LogP contribution in [0, 0.1) is 0 Å². The SMILES string of the molecule is CCCCCCCC(=O)O.CCOC(=O)[C@@H](N)CCCN=C(N)N. The zero-order chi connectivity index (χ0) is 18.8. The van der Waals surface area contributed by atoms with Crippen molar-refractivity contribution in [2.45, 2.75) is 71.3 Å². The zero-order valence-electron chi connectivity index (χ0n) is 15.0. The van der Waals surface area contributed by atoms with Crippen molar-refractivity contribution in [2.24, 2.45) is 22.2 Å². The number of rotatable bonds is 12. The highest BCUT2D eigenvalue weighted by Crippen LogP contribution is 2.04. The lowest BCUT2D eigenvalue weighted by Gasteiger charge is -2.08. The maximum atomic E-state index is 11.0. The molecule has 8 nitrogen and oxygen atoms in total. The molecule has 0 rings (SSSR count). The number of aliphatic imine (C=N–C) groups is 1. The van der Waals surface area contributed by atoms with Crippen molar-refractivity contribution >= 4 is 17.9 Å². The molecule has 1 atom stereocenters. The van der Waals surface area contributed by atoms with Crippen LogP contribution in [0.5, 0.6) is 0 Å². The second-order valence-corrected chi connectivity index (χ2v) is 5.37. The van der Waals surface area contributed by atoms with E-state index < -0.39 is 12.0 Å². The Balaban J connectivity index is 0. The Hall–Kier alpha value is -1.83. The number of carbonyl (C=O) groups excluding carboxylic acids is 1. The van der Waals surface area contributed by atoms with E-state index >= 15 is 0 Å². The highest BCUT2D eigenvalue weighted by atomic mass is 16.5. The van der Waals surface area contributed by atoms with Crippen molar-refractivity contribution < 1.29 is 19.4 Å². The number of aliphatic carboxylic acids is 1. The van der Waals surface area contributed by atoms with Crippen LogP contribution in [-0.2, 0) is 14.3 Å². The molecule has 0 bridgehead atoms. The van der Waals surface area contributed by atoms with Crippen LogP contribution in [0.3, 0.4) is 0 Å². The quantitative estimate of drug-likeness (QED) is 0.180. The summed E-state index contributed by atoms with van der Waals surface area (Å²) < 4.78 is 4.73. The van der Waals surface area contributed by atoms with Crippen LogP contribution in [0.15, 0.2) is 4.99 Å². The molecule has 142 valence electrons. The summed E-state index contributed by atoms with van der Waals surface area (Å²) in [6.07, 6.45) is 7.07. The third-order valence-electron chi connectivity index (χ3n) is 3.05. The van der Waals surface area contributed by atoms with Crippen molar-refractivity contribution in [3.8, 4) is 0 Å². The molecular weight excluding hydrogens is 312 g/mol. The number of esters is 1. The van der Waals surface area contributed by atoms with Crippen LogP contribution in [0.4, 0.5) is 0 Å². The minimum Gasteiger partial charge on any atom is -0.481 e. The normalized spacial score (nSPS) is 11.0. The van der Waals surface area contributed by atoms with Gasteiger partial charge in [-0.15, -0.1) is 0 Å². The highest BCUT2D eigenvalue weighted by molar-refractivity contribution is 5.76. The first kappa shape index (κ1) is 24.4. The predicted molar refractivity (Wildman–Crippen MR) is 95.5 cm³/mol. The van der Waals surface area contributed by atoms with E-state index in [1.807, 2.05) is 0 Å². The van der Waals surface area contributed by atoms with Gasteiger partial charge in [0.1, 0.15) is 6.04 Å². The molecule has 0 amide bonds. The fourth-order valence-corrected chi connectivity index (χ4v) is 1.77. The standard InChI is InChI=1S/C8H18N4O2.C8H16O2/c1-2-14-7(13)6(9)4-3-5-12-8(10)11;1-2-3-4-5-6-7-8(9)10/h6H,2-5,9H2,1H3,(H4,10,11,12);2-7H2,1H3,(H,9,10)/t6-;/m0./s1. The average molecular weight is 346 g/mol. The van der Waals surface area contributed by atoms with E-state index in [1.54, 1.807) is 6.92 Å². The lowest BCUT2D eigenvalue weighted by atomic mass is 10.1. The van der Waals surface area contributed by atoms with E-state index in [1.165, 1.54) is 19.3 Å². The van der Waals surface area contributed by atoms with Gasteiger partial charge >= 0.3 is 11.9 Å². The molecule has 0 unspecified atom stereocenters. The number of nitrogens with zero attached hydrogens (tertiary/aromatic N) is 1. The Morgan fingerprint density at radius 2 is 1.71 bits per heavy atom. The monoisotopic (exact) mass is 346 g/mol. The Kier molecular flexibility index (Phi) is 17.8. The number of guanidine groups is 1. The van der Waals surface area contributed by atoms with Crippen molar-refractivity contribution in [3.63, 3.8) is 0 Å². The van der Waals surface area contributed by atoms with Gasteiger partial charge in [-0.25, -0.2) is 0 Å². The first-order valence-electron chi connectivity index (χ1n) is 8.54.